The highest BCUT2D eigenvalue weighted by Crippen LogP contribution is 2.26. The molecule has 92 valence electrons. The Morgan fingerprint density at radius 3 is 2.50 bits per heavy atom. The Balaban J connectivity index is 2.07. The number of aromatic nitrogens is 2. The van der Waals surface area contributed by atoms with Gasteiger partial charge in [0.25, 0.3) is 0 Å². The van der Waals surface area contributed by atoms with Gasteiger partial charge in [-0.05, 0) is 25.8 Å². The molecule has 18 heavy (non-hydrogen) atoms. The number of imidazole rings is 1. The van der Waals surface area contributed by atoms with Gasteiger partial charge in [0, 0.05) is 22.3 Å². The molecule has 3 aromatic rings. The summed E-state index contributed by atoms with van der Waals surface area (Å²) >= 11 is 1.75. The fraction of sp³-hybridized carbons (Fsp3) is 0.267. The van der Waals surface area contributed by atoms with Crippen molar-refractivity contribution in [1.29, 1.82) is 0 Å². The van der Waals surface area contributed by atoms with E-state index in [0.717, 1.165) is 17.1 Å². The number of fused-ring (bicyclic) bond motifs is 1. The molecule has 0 unspecified atom stereocenters. The van der Waals surface area contributed by atoms with Gasteiger partial charge >= 0.3 is 0 Å². The van der Waals surface area contributed by atoms with Gasteiger partial charge in [0.1, 0.15) is 0 Å². The van der Waals surface area contributed by atoms with Crippen LogP contribution in [0.1, 0.15) is 23.1 Å². The van der Waals surface area contributed by atoms with Crippen molar-refractivity contribution in [2.75, 3.05) is 0 Å². The zero-order valence-corrected chi connectivity index (χ0v) is 11.7. The molecule has 0 spiro atoms. The van der Waals surface area contributed by atoms with Crippen LogP contribution in [0.25, 0.3) is 16.2 Å². The molecule has 2 heterocycles. The molecule has 0 aliphatic rings. The van der Waals surface area contributed by atoms with Crippen LogP contribution >= 0.6 is 11.3 Å². The molecule has 0 N–H and O–H groups in total. The van der Waals surface area contributed by atoms with E-state index >= 15 is 0 Å². The Morgan fingerprint density at radius 2 is 1.89 bits per heavy atom. The third-order valence-corrected chi connectivity index (χ3v) is 4.52. The molecule has 2 nitrogen and oxygen atoms in total. The lowest BCUT2D eigenvalue weighted by Crippen LogP contribution is -1.83. The molecule has 0 saturated carbocycles. The predicted molar refractivity (Wildman–Crippen MR) is 77.4 cm³/mol. The minimum atomic E-state index is 1.06. The molecule has 1 aromatic carbocycles. The van der Waals surface area contributed by atoms with Gasteiger partial charge in [0.2, 0.25) is 0 Å². The lowest BCUT2D eigenvalue weighted by Gasteiger charge is -1.99. The summed E-state index contributed by atoms with van der Waals surface area (Å²) in [7, 11) is 0. The van der Waals surface area contributed by atoms with Crippen molar-refractivity contribution in [2.24, 2.45) is 0 Å². The van der Waals surface area contributed by atoms with Crippen LogP contribution in [-0.4, -0.2) is 9.38 Å². The second kappa shape index (κ2) is 4.25. The van der Waals surface area contributed by atoms with E-state index in [1.54, 1.807) is 11.3 Å². The second-order valence-electron chi connectivity index (χ2n) is 4.57. The maximum Gasteiger partial charge on any atom is 0.194 e. The molecule has 0 atom stereocenters. The normalized spacial score (nSPS) is 11.3. The topological polar surface area (TPSA) is 17.3 Å². The maximum atomic E-state index is 4.70. The fourth-order valence-electron chi connectivity index (χ4n) is 2.11. The van der Waals surface area contributed by atoms with Crippen LogP contribution in [0.5, 0.6) is 0 Å². The van der Waals surface area contributed by atoms with Crippen molar-refractivity contribution >= 4 is 16.3 Å². The van der Waals surface area contributed by atoms with Crippen LogP contribution in [0, 0.1) is 13.8 Å². The largest absolute Gasteiger partial charge is 0.294 e. The minimum absolute atomic E-state index is 1.06. The van der Waals surface area contributed by atoms with E-state index < -0.39 is 0 Å². The zero-order chi connectivity index (χ0) is 12.7. The fourth-order valence-corrected chi connectivity index (χ4v) is 3.06. The lowest BCUT2D eigenvalue weighted by molar-refractivity contribution is 1.11. The Morgan fingerprint density at radius 1 is 1.17 bits per heavy atom. The van der Waals surface area contributed by atoms with E-state index in [9.17, 15) is 0 Å². The first-order valence-corrected chi connectivity index (χ1v) is 7.05. The second-order valence-corrected chi connectivity index (χ2v) is 5.75. The highest BCUT2D eigenvalue weighted by Gasteiger charge is 2.09. The Bertz CT molecular complexity index is 689. The van der Waals surface area contributed by atoms with Gasteiger partial charge in [-0.15, -0.1) is 11.3 Å². The monoisotopic (exact) mass is 256 g/mol. The van der Waals surface area contributed by atoms with E-state index in [0.29, 0.717) is 0 Å². The molecule has 0 aliphatic heterocycles. The van der Waals surface area contributed by atoms with Gasteiger partial charge in [0.15, 0.2) is 4.96 Å². The Labute approximate surface area is 111 Å². The maximum absolute atomic E-state index is 4.70. The molecule has 0 aliphatic carbocycles. The van der Waals surface area contributed by atoms with Gasteiger partial charge < -0.3 is 0 Å². The molecule has 0 radical (unpaired) electrons. The number of thiazole rings is 1. The first-order valence-electron chi connectivity index (χ1n) is 6.23. The van der Waals surface area contributed by atoms with Gasteiger partial charge in [-0.1, -0.05) is 31.2 Å². The van der Waals surface area contributed by atoms with Gasteiger partial charge in [-0.25, -0.2) is 4.98 Å². The van der Waals surface area contributed by atoms with Crippen molar-refractivity contribution in [3.63, 3.8) is 0 Å². The summed E-state index contributed by atoms with van der Waals surface area (Å²) in [4.78, 5) is 7.12. The predicted octanol–water partition coefficient (Wildman–Crippen LogP) is 4.24. The van der Waals surface area contributed by atoms with Crippen LogP contribution in [-0.2, 0) is 6.42 Å². The van der Waals surface area contributed by atoms with Crippen molar-refractivity contribution in [1.82, 2.24) is 9.38 Å². The van der Waals surface area contributed by atoms with E-state index in [4.69, 9.17) is 4.98 Å². The summed E-state index contributed by atoms with van der Waals surface area (Å²) in [5.41, 5.74) is 4.91. The molecule has 0 fully saturated rings. The number of hydrogen-bond donors (Lipinski definition) is 0. The molecule has 0 saturated heterocycles. The van der Waals surface area contributed by atoms with Crippen molar-refractivity contribution in [3.8, 4) is 11.3 Å². The summed E-state index contributed by atoms with van der Waals surface area (Å²) < 4.78 is 2.18. The number of rotatable bonds is 2. The Kier molecular flexibility index (Phi) is 2.71. The van der Waals surface area contributed by atoms with E-state index in [-0.39, 0.29) is 0 Å². The smallest absolute Gasteiger partial charge is 0.194 e. The van der Waals surface area contributed by atoms with Crippen molar-refractivity contribution in [3.05, 3.63) is 46.6 Å². The van der Waals surface area contributed by atoms with E-state index in [1.165, 1.54) is 21.7 Å². The molecule has 0 amide bonds. The molecule has 2 aromatic heterocycles. The number of benzene rings is 1. The number of aryl methyl sites for hydroxylation is 3. The van der Waals surface area contributed by atoms with Crippen molar-refractivity contribution < 1.29 is 0 Å². The summed E-state index contributed by atoms with van der Waals surface area (Å²) in [5.74, 6) is 0. The third kappa shape index (κ3) is 1.75. The van der Waals surface area contributed by atoms with E-state index in [1.807, 2.05) is 0 Å². The van der Waals surface area contributed by atoms with Crippen LogP contribution in [0.2, 0.25) is 0 Å². The highest BCUT2D eigenvalue weighted by molar-refractivity contribution is 7.17. The van der Waals surface area contributed by atoms with Crippen LogP contribution in [0.3, 0.4) is 0 Å². The zero-order valence-electron chi connectivity index (χ0n) is 10.9. The summed E-state index contributed by atoms with van der Waals surface area (Å²) in [5, 5.41) is 0. The molecular formula is C15H16N2S. The van der Waals surface area contributed by atoms with Crippen LogP contribution in [0.15, 0.2) is 30.5 Å². The third-order valence-electron chi connectivity index (χ3n) is 3.45. The average Bonchev–Trinajstić information content (AvgIpc) is 2.91. The number of nitrogens with zero attached hydrogens (tertiary/aromatic N) is 2. The number of hydrogen-bond acceptors (Lipinski definition) is 2. The lowest BCUT2D eigenvalue weighted by atomic mass is 10.1. The quantitative estimate of drug-likeness (QED) is 0.670. The van der Waals surface area contributed by atoms with Gasteiger partial charge in [-0.2, -0.15) is 0 Å². The first-order chi connectivity index (χ1) is 8.69. The van der Waals surface area contributed by atoms with Gasteiger partial charge in [0.05, 0.1) is 5.69 Å². The molecule has 0 bridgehead atoms. The van der Waals surface area contributed by atoms with E-state index in [2.05, 4.69) is 55.6 Å². The Hall–Kier alpha value is -1.61. The summed E-state index contributed by atoms with van der Waals surface area (Å²) in [6.45, 7) is 6.46. The standard InChI is InChI=1S/C15H16N2S/c1-4-12-5-7-13(8-6-12)14-9-17-10(2)11(3)18-15(17)16-14/h5-9H,4H2,1-3H3. The SMILES string of the molecule is CCc1ccc(-c2cn3c(C)c(C)sc3n2)cc1. The van der Waals surface area contributed by atoms with Crippen molar-refractivity contribution in [2.45, 2.75) is 27.2 Å². The molecule has 3 rings (SSSR count). The average molecular weight is 256 g/mol. The van der Waals surface area contributed by atoms with Crippen LogP contribution < -0.4 is 0 Å². The first kappa shape index (κ1) is 11.5. The molecular weight excluding hydrogens is 240 g/mol. The summed E-state index contributed by atoms with van der Waals surface area (Å²) in [6, 6.07) is 8.68. The van der Waals surface area contributed by atoms with Gasteiger partial charge in [-0.3, -0.25) is 4.40 Å². The minimum Gasteiger partial charge on any atom is -0.294 e. The summed E-state index contributed by atoms with van der Waals surface area (Å²) in [6.07, 6.45) is 3.21. The highest BCUT2D eigenvalue weighted by atomic mass is 32.1. The van der Waals surface area contributed by atoms with Crippen LogP contribution in [0.4, 0.5) is 0 Å². The molecule has 3 heteroatoms.